The van der Waals surface area contributed by atoms with E-state index in [2.05, 4.69) is 10.3 Å². The summed E-state index contributed by atoms with van der Waals surface area (Å²) in [5.74, 6) is -4.07. The van der Waals surface area contributed by atoms with Crippen molar-refractivity contribution in [3.63, 3.8) is 0 Å². The zero-order valence-electron chi connectivity index (χ0n) is 8.63. The van der Waals surface area contributed by atoms with E-state index in [9.17, 15) is 17.6 Å². The lowest BCUT2D eigenvalue weighted by Gasteiger charge is -2.15. The average Bonchev–Trinajstić information content (AvgIpc) is 2.29. The molecule has 1 N–H and O–H groups in total. The summed E-state index contributed by atoms with van der Waals surface area (Å²) in [6.45, 7) is -1.26. The molecule has 17 heavy (non-hydrogen) atoms. The van der Waals surface area contributed by atoms with Crippen LogP contribution < -0.4 is 5.32 Å². The molecule has 1 heterocycles. The van der Waals surface area contributed by atoms with Crippen molar-refractivity contribution in [3.05, 3.63) is 29.6 Å². The molecular formula is C10H9F4N3. The van der Waals surface area contributed by atoms with Crippen LogP contribution in [0.3, 0.4) is 0 Å². The number of rotatable bonds is 5. The van der Waals surface area contributed by atoms with Crippen molar-refractivity contribution in [1.82, 2.24) is 10.3 Å². The second kappa shape index (κ2) is 5.59. The van der Waals surface area contributed by atoms with Crippen molar-refractivity contribution >= 4 is 0 Å². The quantitative estimate of drug-likeness (QED) is 0.809. The van der Waals surface area contributed by atoms with Crippen LogP contribution in [0, 0.1) is 11.3 Å². The standard InChI is InChI=1S/C10H9F4N3/c11-9(12)10(13,14)6-16-5-7-2-1-3-17-8(7)4-15/h1-3,9,16H,5-6H2. The van der Waals surface area contributed by atoms with Gasteiger partial charge in [-0.15, -0.1) is 0 Å². The van der Waals surface area contributed by atoms with Crippen molar-refractivity contribution < 1.29 is 17.6 Å². The minimum atomic E-state index is -4.07. The Morgan fingerprint density at radius 2 is 2.18 bits per heavy atom. The van der Waals surface area contributed by atoms with E-state index < -0.39 is 18.9 Å². The lowest BCUT2D eigenvalue weighted by Crippen LogP contribution is -2.38. The van der Waals surface area contributed by atoms with Gasteiger partial charge >= 0.3 is 12.3 Å². The summed E-state index contributed by atoms with van der Waals surface area (Å²) in [6.07, 6.45) is -2.32. The number of hydrogen-bond donors (Lipinski definition) is 1. The van der Waals surface area contributed by atoms with E-state index in [1.807, 2.05) is 0 Å². The molecule has 0 amide bonds. The lowest BCUT2D eigenvalue weighted by molar-refractivity contribution is -0.125. The number of alkyl halides is 4. The summed E-state index contributed by atoms with van der Waals surface area (Å²) in [5.41, 5.74) is 0.473. The second-order valence-electron chi connectivity index (χ2n) is 3.29. The highest BCUT2D eigenvalue weighted by Crippen LogP contribution is 2.21. The molecule has 1 aromatic rings. The molecule has 1 aromatic heterocycles. The van der Waals surface area contributed by atoms with Gasteiger partial charge < -0.3 is 5.32 Å². The first kappa shape index (κ1) is 13.4. The molecule has 0 aliphatic heterocycles. The first-order valence-electron chi connectivity index (χ1n) is 4.68. The number of aromatic nitrogens is 1. The van der Waals surface area contributed by atoms with Crippen LogP contribution in [0.4, 0.5) is 17.6 Å². The molecule has 0 fully saturated rings. The smallest absolute Gasteiger partial charge is 0.307 e. The number of hydrogen-bond acceptors (Lipinski definition) is 3. The Hall–Kier alpha value is -1.68. The topological polar surface area (TPSA) is 48.7 Å². The maximum Gasteiger partial charge on any atom is 0.319 e. The minimum absolute atomic E-state index is 0.0837. The second-order valence-corrected chi connectivity index (χ2v) is 3.29. The number of halogens is 4. The van der Waals surface area contributed by atoms with Gasteiger partial charge in [-0.3, -0.25) is 0 Å². The van der Waals surface area contributed by atoms with Crippen molar-refractivity contribution in [2.75, 3.05) is 6.54 Å². The van der Waals surface area contributed by atoms with Gasteiger partial charge in [-0.2, -0.15) is 14.0 Å². The normalized spacial score (nSPS) is 11.5. The zero-order valence-corrected chi connectivity index (χ0v) is 8.63. The molecule has 0 aliphatic rings. The van der Waals surface area contributed by atoms with Crippen molar-refractivity contribution in [1.29, 1.82) is 5.26 Å². The molecule has 0 bridgehead atoms. The molecule has 7 heteroatoms. The van der Waals surface area contributed by atoms with E-state index in [4.69, 9.17) is 5.26 Å². The summed E-state index contributed by atoms with van der Waals surface area (Å²) in [7, 11) is 0. The Morgan fingerprint density at radius 3 is 2.76 bits per heavy atom. The monoisotopic (exact) mass is 247 g/mol. The Labute approximate surface area is 95.1 Å². The van der Waals surface area contributed by atoms with Crippen LogP contribution >= 0.6 is 0 Å². The molecule has 0 saturated heterocycles. The summed E-state index contributed by atoms with van der Waals surface area (Å²) in [6, 6.07) is 4.82. The SMILES string of the molecule is N#Cc1ncccc1CNCC(F)(F)C(F)F. The van der Waals surface area contributed by atoms with Gasteiger partial charge in [0.05, 0.1) is 6.54 Å². The molecule has 0 radical (unpaired) electrons. The first-order valence-corrected chi connectivity index (χ1v) is 4.68. The van der Waals surface area contributed by atoms with E-state index in [0.29, 0.717) is 5.56 Å². The summed E-state index contributed by atoms with van der Waals surface area (Å²) >= 11 is 0. The maximum atomic E-state index is 12.5. The van der Waals surface area contributed by atoms with Crippen molar-refractivity contribution in [2.24, 2.45) is 0 Å². The Kier molecular flexibility index (Phi) is 4.40. The van der Waals surface area contributed by atoms with Gasteiger partial charge in [-0.1, -0.05) is 6.07 Å². The van der Waals surface area contributed by atoms with Gasteiger partial charge in [0.15, 0.2) is 0 Å². The van der Waals surface area contributed by atoms with Gasteiger partial charge in [0.1, 0.15) is 11.8 Å². The maximum absolute atomic E-state index is 12.5. The fraction of sp³-hybridized carbons (Fsp3) is 0.400. The largest absolute Gasteiger partial charge is 0.319 e. The fourth-order valence-corrected chi connectivity index (χ4v) is 1.12. The van der Waals surface area contributed by atoms with Crippen LogP contribution in [0.1, 0.15) is 11.3 Å². The van der Waals surface area contributed by atoms with Crippen LogP contribution in [0.25, 0.3) is 0 Å². The Bertz CT molecular complexity index is 414. The van der Waals surface area contributed by atoms with Crippen LogP contribution in [-0.4, -0.2) is 23.9 Å². The fourth-order valence-electron chi connectivity index (χ4n) is 1.12. The van der Waals surface area contributed by atoms with E-state index in [0.717, 1.165) is 0 Å². The highest BCUT2D eigenvalue weighted by Gasteiger charge is 2.39. The number of nitrogens with zero attached hydrogens (tertiary/aromatic N) is 2. The Balaban J connectivity index is 2.55. The van der Waals surface area contributed by atoms with Crippen molar-refractivity contribution in [3.8, 4) is 6.07 Å². The number of pyridine rings is 1. The van der Waals surface area contributed by atoms with E-state index in [1.54, 1.807) is 6.07 Å². The van der Waals surface area contributed by atoms with Crippen LogP contribution in [0.2, 0.25) is 0 Å². The molecule has 0 unspecified atom stereocenters. The molecule has 0 aliphatic carbocycles. The molecule has 1 rings (SSSR count). The molecule has 0 atom stereocenters. The third-order valence-corrected chi connectivity index (χ3v) is 1.99. The average molecular weight is 247 g/mol. The highest BCUT2D eigenvalue weighted by atomic mass is 19.3. The van der Waals surface area contributed by atoms with Gasteiger partial charge in [-0.05, 0) is 6.07 Å². The Morgan fingerprint density at radius 1 is 1.47 bits per heavy atom. The highest BCUT2D eigenvalue weighted by molar-refractivity contribution is 5.30. The summed E-state index contributed by atoms with van der Waals surface area (Å²) < 4.78 is 48.7. The van der Waals surface area contributed by atoms with Crippen LogP contribution in [-0.2, 0) is 6.54 Å². The van der Waals surface area contributed by atoms with E-state index >= 15 is 0 Å². The van der Waals surface area contributed by atoms with Gasteiger partial charge in [0.2, 0.25) is 0 Å². The molecule has 0 aromatic carbocycles. The third kappa shape index (κ3) is 3.67. The zero-order chi connectivity index (χ0) is 12.9. The minimum Gasteiger partial charge on any atom is -0.307 e. The predicted molar refractivity (Wildman–Crippen MR) is 51.6 cm³/mol. The van der Waals surface area contributed by atoms with Gasteiger partial charge in [0.25, 0.3) is 0 Å². The summed E-state index contributed by atoms with van der Waals surface area (Å²) in [4.78, 5) is 3.71. The molecule has 92 valence electrons. The lowest BCUT2D eigenvalue weighted by atomic mass is 10.2. The molecular weight excluding hydrogens is 238 g/mol. The van der Waals surface area contributed by atoms with Crippen LogP contribution in [0.15, 0.2) is 18.3 Å². The first-order chi connectivity index (χ1) is 7.97. The van der Waals surface area contributed by atoms with Gasteiger partial charge in [-0.25, -0.2) is 13.8 Å². The third-order valence-electron chi connectivity index (χ3n) is 1.99. The summed E-state index contributed by atoms with van der Waals surface area (Å²) in [5, 5.41) is 10.8. The number of nitrogens with one attached hydrogen (secondary N) is 1. The van der Waals surface area contributed by atoms with E-state index in [1.165, 1.54) is 18.3 Å². The molecule has 3 nitrogen and oxygen atoms in total. The van der Waals surface area contributed by atoms with E-state index in [-0.39, 0.29) is 12.2 Å². The number of nitriles is 1. The molecule has 0 saturated carbocycles. The van der Waals surface area contributed by atoms with Crippen LogP contribution in [0.5, 0.6) is 0 Å². The van der Waals surface area contributed by atoms with Crippen molar-refractivity contribution in [2.45, 2.75) is 18.9 Å². The van der Waals surface area contributed by atoms with Gasteiger partial charge in [0, 0.05) is 18.3 Å². The predicted octanol–water partition coefficient (Wildman–Crippen LogP) is 1.94. The molecule has 0 spiro atoms.